The van der Waals surface area contributed by atoms with Crippen LogP contribution < -0.4 is 10.6 Å². The van der Waals surface area contributed by atoms with Crippen molar-refractivity contribution in [2.24, 2.45) is 0 Å². The van der Waals surface area contributed by atoms with Gasteiger partial charge in [0.05, 0.1) is 11.9 Å². The second-order valence-electron chi connectivity index (χ2n) is 6.42. The number of rotatable bonds is 3. The number of halogens is 1. The maximum Gasteiger partial charge on any atom is 0.365 e. The summed E-state index contributed by atoms with van der Waals surface area (Å²) in [5.74, 6) is -0.171. The van der Waals surface area contributed by atoms with Crippen molar-refractivity contribution in [3.63, 3.8) is 0 Å². The molecule has 1 aliphatic rings. The number of para-hydroxylation sites is 1. The Balaban J connectivity index is 1.61. The van der Waals surface area contributed by atoms with Crippen LogP contribution in [0.25, 0.3) is 11.3 Å². The highest BCUT2D eigenvalue weighted by Gasteiger charge is 2.29. The zero-order chi connectivity index (χ0) is 19.0. The van der Waals surface area contributed by atoms with Crippen LogP contribution >= 0.6 is 11.6 Å². The number of anilines is 1. The lowest BCUT2D eigenvalue weighted by molar-refractivity contribution is -0.121. The molecule has 27 heavy (non-hydrogen) atoms. The van der Waals surface area contributed by atoms with Gasteiger partial charge in [0.15, 0.2) is 0 Å². The quantitative estimate of drug-likeness (QED) is 0.700. The van der Waals surface area contributed by atoms with Gasteiger partial charge < -0.3 is 4.90 Å². The van der Waals surface area contributed by atoms with Crippen molar-refractivity contribution < 1.29 is 4.79 Å². The summed E-state index contributed by atoms with van der Waals surface area (Å²) in [5.41, 5.74) is 2.65. The first-order valence-corrected chi connectivity index (χ1v) is 9.03. The van der Waals surface area contributed by atoms with Gasteiger partial charge in [0.2, 0.25) is 0 Å². The minimum Gasteiger partial charge on any atom is -0.310 e. The molecule has 0 fully saturated rings. The van der Waals surface area contributed by atoms with Crippen LogP contribution in [0.15, 0.2) is 59.5 Å². The number of hydrogen-bond donors (Lipinski definition) is 0. The highest BCUT2D eigenvalue weighted by atomic mass is 35.5. The molecule has 1 atom stereocenters. The van der Waals surface area contributed by atoms with Crippen LogP contribution in [0.1, 0.15) is 18.5 Å². The van der Waals surface area contributed by atoms with E-state index < -0.39 is 11.7 Å². The van der Waals surface area contributed by atoms with Crippen molar-refractivity contribution >= 4 is 23.2 Å². The van der Waals surface area contributed by atoms with Gasteiger partial charge in [-0.2, -0.15) is 10.1 Å². The van der Waals surface area contributed by atoms with Crippen LogP contribution in [-0.2, 0) is 11.2 Å². The number of nitrogens with zero attached hydrogens (tertiary/aromatic N) is 4. The van der Waals surface area contributed by atoms with Crippen LogP contribution in [0.2, 0.25) is 5.02 Å². The van der Waals surface area contributed by atoms with Gasteiger partial charge in [-0.05, 0) is 37.1 Å². The fraction of sp³-hybridized carbons (Fsp3) is 0.200. The summed E-state index contributed by atoms with van der Waals surface area (Å²) in [4.78, 5) is 31.2. The SMILES string of the molecule is C[C@@H](C(=O)N1CCc2ccccc21)n1ncc(-c2ccc(Cl)cc2)nc1=O. The summed E-state index contributed by atoms with van der Waals surface area (Å²) < 4.78 is 1.13. The molecule has 1 aliphatic heterocycles. The van der Waals surface area contributed by atoms with Gasteiger partial charge in [0.25, 0.3) is 5.91 Å². The van der Waals surface area contributed by atoms with Gasteiger partial charge in [-0.3, -0.25) is 4.79 Å². The average Bonchev–Trinajstić information content (AvgIpc) is 3.11. The molecule has 0 saturated carbocycles. The third-order valence-corrected chi connectivity index (χ3v) is 4.99. The Morgan fingerprint density at radius 3 is 2.63 bits per heavy atom. The lowest BCUT2D eigenvalue weighted by atomic mass is 10.2. The second kappa shape index (κ2) is 6.96. The molecule has 136 valence electrons. The summed E-state index contributed by atoms with van der Waals surface area (Å²) in [7, 11) is 0. The van der Waals surface area contributed by atoms with E-state index in [1.165, 1.54) is 6.20 Å². The predicted octanol–water partition coefficient (Wildman–Crippen LogP) is 3.11. The number of hydrogen-bond acceptors (Lipinski definition) is 4. The molecule has 2 aromatic carbocycles. The number of carbonyl (C=O) groups is 1. The van der Waals surface area contributed by atoms with Gasteiger partial charge in [-0.25, -0.2) is 9.48 Å². The molecule has 0 bridgehead atoms. The number of fused-ring (bicyclic) bond motifs is 1. The van der Waals surface area contributed by atoms with Crippen molar-refractivity contribution in [2.45, 2.75) is 19.4 Å². The number of amides is 1. The molecule has 6 nitrogen and oxygen atoms in total. The van der Waals surface area contributed by atoms with E-state index in [9.17, 15) is 9.59 Å². The molecule has 0 aliphatic carbocycles. The first-order valence-electron chi connectivity index (χ1n) is 8.65. The van der Waals surface area contributed by atoms with E-state index >= 15 is 0 Å². The number of benzene rings is 2. The molecule has 0 unspecified atom stereocenters. The first-order chi connectivity index (χ1) is 13.0. The molecular weight excluding hydrogens is 364 g/mol. The average molecular weight is 381 g/mol. The lowest BCUT2D eigenvalue weighted by Gasteiger charge is -2.22. The van der Waals surface area contributed by atoms with Crippen LogP contribution in [0, 0.1) is 0 Å². The molecular formula is C20H17ClN4O2. The summed E-state index contributed by atoms with van der Waals surface area (Å²) in [6.07, 6.45) is 2.30. The molecule has 1 aromatic heterocycles. The Morgan fingerprint density at radius 1 is 1.15 bits per heavy atom. The largest absolute Gasteiger partial charge is 0.365 e. The Kier molecular flexibility index (Phi) is 4.49. The van der Waals surface area contributed by atoms with E-state index in [1.807, 2.05) is 24.3 Å². The minimum absolute atomic E-state index is 0.171. The molecule has 7 heteroatoms. The lowest BCUT2D eigenvalue weighted by Crippen LogP contribution is -2.40. The van der Waals surface area contributed by atoms with E-state index in [1.54, 1.807) is 36.1 Å². The Hall–Kier alpha value is -2.99. The molecule has 4 rings (SSSR count). The van der Waals surface area contributed by atoms with Crippen molar-refractivity contribution in [2.75, 3.05) is 11.4 Å². The van der Waals surface area contributed by atoms with Gasteiger partial charge in [0.1, 0.15) is 6.04 Å². The van der Waals surface area contributed by atoms with Crippen molar-refractivity contribution in [3.05, 3.63) is 75.8 Å². The van der Waals surface area contributed by atoms with Gasteiger partial charge in [0, 0.05) is 22.8 Å². The monoisotopic (exact) mass is 380 g/mol. The zero-order valence-electron chi connectivity index (χ0n) is 14.7. The normalized spacial score (nSPS) is 14.1. The zero-order valence-corrected chi connectivity index (χ0v) is 15.4. The topological polar surface area (TPSA) is 68.1 Å². The third-order valence-electron chi connectivity index (χ3n) is 4.73. The minimum atomic E-state index is -0.740. The summed E-state index contributed by atoms with van der Waals surface area (Å²) in [5, 5.41) is 4.79. The highest BCUT2D eigenvalue weighted by Crippen LogP contribution is 2.29. The van der Waals surface area contributed by atoms with Crippen molar-refractivity contribution in [1.82, 2.24) is 14.8 Å². The summed E-state index contributed by atoms with van der Waals surface area (Å²) in [6.45, 7) is 2.27. The number of carbonyl (C=O) groups excluding carboxylic acids is 1. The van der Waals surface area contributed by atoms with Gasteiger partial charge in [-0.1, -0.05) is 41.9 Å². The van der Waals surface area contributed by atoms with E-state index in [2.05, 4.69) is 10.1 Å². The van der Waals surface area contributed by atoms with E-state index in [0.717, 1.165) is 27.9 Å². The Bertz CT molecular complexity index is 1060. The summed E-state index contributed by atoms with van der Waals surface area (Å²) >= 11 is 5.89. The molecule has 3 aromatic rings. The fourth-order valence-corrected chi connectivity index (χ4v) is 3.40. The smallest absolute Gasteiger partial charge is 0.310 e. The van der Waals surface area contributed by atoms with Crippen LogP contribution in [0.5, 0.6) is 0 Å². The van der Waals surface area contributed by atoms with Gasteiger partial charge in [-0.15, -0.1) is 0 Å². The van der Waals surface area contributed by atoms with E-state index in [-0.39, 0.29) is 5.91 Å². The maximum absolute atomic E-state index is 12.9. The standard InChI is InChI=1S/C20H17ClN4O2/c1-13(19(26)24-11-10-15-4-2-3-5-18(15)24)25-20(27)23-17(12-22-25)14-6-8-16(21)9-7-14/h2-9,12-13H,10-11H2,1H3/t13-/m0/s1. The molecule has 0 saturated heterocycles. The van der Waals surface area contributed by atoms with E-state index in [4.69, 9.17) is 11.6 Å². The molecule has 0 radical (unpaired) electrons. The molecule has 0 spiro atoms. The summed E-state index contributed by atoms with van der Waals surface area (Å²) in [6, 6.07) is 14.0. The highest BCUT2D eigenvalue weighted by molar-refractivity contribution is 6.30. The van der Waals surface area contributed by atoms with Crippen molar-refractivity contribution in [3.8, 4) is 11.3 Å². The van der Waals surface area contributed by atoms with Crippen LogP contribution in [0.4, 0.5) is 5.69 Å². The molecule has 0 N–H and O–H groups in total. The van der Waals surface area contributed by atoms with E-state index in [0.29, 0.717) is 17.3 Å². The van der Waals surface area contributed by atoms with Crippen LogP contribution in [-0.4, -0.2) is 27.2 Å². The third kappa shape index (κ3) is 3.24. The number of aromatic nitrogens is 3. The fourth-order valence-electron chi connectivity index (χ4n) is 3.27. The predicted molar refractivity (Wildman–Crippen MR) is 104 cm³/mol. The van der Waals surface area contributed by atoms with Gasteiger partial charge >= 0.3 is 5.69 Å². The second-order valence-corrected chi connectivity index (χ2v) is 6.86. The first kappa shape index (κ1) is 17.4. The Morgan fingerprint density at radius 2 is 1.89 bits per heavy atom. The van der Waals surface area contributed by atoms with Crippen LogP contribution in [0.3, 0.4) is 0 Å². The molecule has 2 heterocycles. The Labute approximate surface area is 161 Å². The maximum atomic E-state index is 12.9. The van der Waals surface area contributed by atoms with Crippen molar-refractivity contribution in [1.29, 1.82) is 0 Å². The molecule has 1 amide bonds.